The molecule has 1 atom stereocenters. The maximum absolute atomic E-state index is 14.3. The third-order valence-corrected chi connectivity index (χ3v) is 5.78. The van der Waals surface area contributed by atoms with Gasteiger partial charge in [-0.15, -0.1) is 0 Å². The topological polar surface area (TPSA) is 53.7 Å². The van der Waals surface area contributed by atoms with Gasteiger partial charge in [-0.05, 0) is 30.3 Å². The van der Waals surface area contributed by atoms with E-state index in [1.54, 1.807) is 17.0 Å². The lowest BCUT2D eigenvalue weighted by Crippen LogP contribution is -2.56. The molecule has 2 aromatic carbocycles. The SMILES string of the molecule is [C-]#[N+]CC1CN(c2ncnc3cc(-c4ccc(F)cc4F)c(Cl)cc23)CCN1C(=O)C=C. The van der Waals surface area contributed by atoms with Gasteiger partial charge in [0.15, 0.2) is 0 Å². The number of fused-ring (bicyclic) bond motifs is 1. The van der Waals surface area contributed by atoms with Crippen molar-refractivity contribution < 1.29 is 13.6 Å². The number of anilines is 1. The van der Waals surface area contributed by atoms with Crippen molar-refractivity contribution in [3.63, 3.8) is 0 Å². The number of piperazine rings is 1. The minimum atomic E-state index is -0.717. The Hall–Kier alpha value is -3.57. The minimum Gasteiger partial charge on any atom is -0.352 e. The van der Waals surface area contributed by atoms with E-state index in [-0.39, 0.29) is 29.1 Å². The van der Waals surface area contributed by atoms with Crippen LogP contribution in [0.3, 0.4) is 0 Å². The standard InChI is InChI=1S/C23H18ClF2N5O/c1-3-22(32)31-7-6-30(12-15(31)11-27-2)23-18-9-19(24)17(10-21(18)28-13-29-23)16-5-4-14(25)8-20(16)26/h3-5,8-10,13,15H,1,6-7,11-12H2. The molecule has 32 heavy (non-hydrogen) atoms. The number of benzene rings is 2. The number of carbonyl (C=O) groups is 1. The van der Waals surface area contributed by atoms with E-state index in [4.69, 9.17) is 18.2 Å². The molecule has 1 saturated heterocycles. The molecule has 1 amide bonds. The molecule has 3 aromatic rings. The maximum Gasteiger partial charge on any atom is 0.246 e. The summed E-state index contributed by atoms with van der Waals surface area (Å²) in [5.74, 6) is -0.982. The molecule has 0 aliphatic carbocycles. The Balaban J connectivity index is 1.73. The first-order valence-electron chi connectivity index (χ1n) is 9.83. The zero-order chi connectivity index (χ0) is 22.8. The van der Waals surface area contributed by atoms with Crippen molar-refractivity contribution >= 4 is 34.2 Å². The van der Waals surface area contributed by atoms with E-state index in [9.17, 15) is 13.6 Å². The molecule has 1 aliphatic rings. The molecule has 0 N–H and O–H groups in total. The summed E-state index contributed by atoms with van der Waals surface area (Å²) in [7, 11) is 0. The van der Waals surface area contributed by atoms with Gasteiger partial charge in [-0.1, -0.05) is 18.2 Å². The van der Waals surface area contributed by atoms with Gasteiger partial charge in [0.2, 0.25) is 12.5 Å². The van der Waals surface area contributed by atoms with Crippen LogP contribution >= 0.6 is 11.6 Å². The van der Waals surface area contributed by atoms with Gasteiger partial charge in [0.25, 0.3) is 0 Å². The Bertz CT molecular complexity index is 1260. The Kier molecular flexibility index (Phi) is 6.01. The van der Waals surface area contributed by atoms with E-state index in [1.165, 1.54) is 24.5 Å². The fourth-order valence-electron chi connectivity index (χ4n) is 3.95. The first-order valence-corrected chi connectivity index (χ1v) is 10.2. The second kappa shape index (κ2) is 8.89. The molecule has 1 unspecified atom stereocenters. The van der Waals surface area contributed by atoms with Crippen LogP contribution in [0.5, 0.6) is 0 Å². The predicted molar refractivity (Wildman–Crippen MR) is 119 cm³/mol. The van der Waals surface area contributed by atoms with Crippen molar-refractivity contribution in [2.45, 2.75) is 6.04 Å². The number of aromatic nitrogens is 2. The summed E-state index contributed by atoms with van der Waals surface area (Å²) in [5, 5.41) is 0.936. The quantitative estimate of drug-likeness (QED) is 0.435. The molecule has 0 radical (unpaired) electrons. The number of halogens is 3. The molecular formula is C23H18ClF2N5O. The fourth-order valence-corrected chi connectivity index (χ4v) is 4.21. The van der Waals surface area contributed by atoms with E-state index in [0.717, 1.165) is 6.07 Å². The average Bonchev–Trinajstić information content (AvgIpc) is 2.78. The fraction of sp³-hybridized carbons (Fsp3) is 0.217. The van der Waals surface area contributed by atoms with Gasteiger partial charge in [0, 0.05) is 47.2 Å². The van der Waals surface area contributed by atoms with Crippen LogP contribution in [0.25, 0.3) is 26.9 Å². The van der Waals surface area contributed by atoms with E-state index >= 15 is 0 Å². The lowest BCUT2D eigenvalue weighted by Gasteiger charge is -2.39. The third-order valence-electron chi connectivity index (χ3n) is 5.47. The summed E-state index contributed by atoms with van der Waals surface area (Å²) in [6.07, 6.45) is 2.66. The van der Waals surface area contributed by atoms with Gasteiger partial charge >= 0.3 is 0 Å². The van der Waals surface area contributed by atoms with Crippen molar-refractivity contribution in [1.29, 1.82) is 0 Å². The maximum atomic E-state index is 14.3. The lowest BCUT2D eigenvalue weighted by molar-refractivity contribution is -0.128. The van der Waals surface area contributed by atoms with Gasteiger partial charge in [0.1, 0.15) is 29.8 Å². The van der Waals surface area contributed by atoms with Gasteiger partial charge < -0.3 is 14.6 Å². The molecule has 4 rings (SSSR count). The Morgan fingerprint density at radius 3 is 2.78 bits per heavy atom. The smallest absolute Gasteiger partial charge is 0.246 e. The van der Waals surface area contributed by atoms with E-state index in [1.807, 2.05) is 4.90 Å². The number of hydrogen-bond donors (Lipinski definition) is 0. The number of nitrogens with zero attached hydrogens (tertiary/aromatic N) is 5. The molecule has 9 heteroatoms. The zero-order valence-electron chi connectivity index (χ0n) is 16.9. The van der Waals surface area contributed by atoms with E-state index < -0.39 is 11.6 Å². The summed E-state index contributed by atoms with van der Waals surface area (Å²) in [6.45, 7) is 12.3. The molecule has 1 aliphatic heterocycles. The van der Waals surface area contributed by atoms with Crippen LogP contribution in [0.15, 0.2) is 49.3 Å². The summed E-state index contributed by atoms with van der Waals surface area (Å²) >= 11 is 6.48. The minimum absolute atomic E-state index is 0.161. The van der Waals surface area contributed by atoms with Crippen molar-refractivity contribution in [1.82, 2.24) is 14.9 Å². The molecule has 0 saturated carbocycles. The molecule has 2 heterocycles. The Morgan fingerprint density at radius 1 is 1.25 bits per heavy atom. The van der Waals surface area contributed by atoms with Crippen LogP contribution in [0.1, 0.15) is 0 Å². The summed E-state index contributed by atoms with van der Waals surface area (Å²) in [6, 6.07) is 6.32. The zero-order valence-corrected chi connectivity index (χ0v) is 17.7. The number of hydrogen-bond acceptors (Lipinski definition) is 4. The van der Waals surface area contributed by atoms with Crippen LogP contribution < -0.4 is 4.90 Å². The molecule has 0 bridgehead atoms. The van der Waals surface area contributed by atoms with Crippen LogP contribution in [0.2, 0.25) is 5.02 Å². The highest BCUT2D eigenvalue weighted by Crippen LogP contribution is 2.36. The number of rotatable bonds is 4. The van der Waals surface area contributed by atoms with Gasteiger partial charge in [-0.3, -0.25) is 4.79 Å². The number of carbonyl (C=O) groups excluding carboxylic acids is 1. The van der Waals surface area contributed by atoms with Gasteiger partial charge in [-0.2, -0.15) is 0 Å². The van der Waals surface area contributed by atoms with Gasteiger partial charge in [-0.25, -0.2) is 25.3 Å². The van der Waals surface area contributed by atoms with E-state index in [0.29, 0.717) is 41.9 Å². The third kappa shape index (κ3) is 3.99. The van der Waals surface area contributed by atoms with Crippen molar-refractivity contribution in [3.05, 3.63) is 77.4 Å². The average molecular weight is 454 g/mol. The van der Waals surface area contributed by atoms with Crippen molar-refractivity contribution in [2.24, 2.45) is 0 Å². The molecule has 1 fully saturated rings. The summed E-state index contributed by atoms with van der Waals surface area (Å²) in [4.78, 5) is 28.0. The number of amides is 1. The normalized spacial score (nSPS) is 16.1. The van der Waals surface area contributed by atoms with Crippen LogP contribution in [-0.2, 0) is 4.79 Å². The van der Waals surface area contributed by atoms with Crippen molar-refractivity contribution in [3.8, 4) is 11.1 Å². The first-order chi connectivity index (χ1) is 15.4. The molecule has 162 valence electrons. The van der Waals surface area contributed by atoms with Crippen LogP contribution in [0.4, 0.5) is 14.6 Å². The molecular weight excluding hydrogens is 436 g/mol. The van der Waals surface area contributed by atoms with E-state index in [2.05, 4.69) is 21.4 Å². The predicted octanol–water partition coefficient (Wildman–Crippen LogP) is 4.35. The first kappa shape index (κ1) is 21.7. The summed E-state index contributed by atoms with van der Waals surface area (Å²) in [5.41, 5.74) is 1.12. The molecule has 6 nitrogen and oxygen atoms in total. The highest BCUT2D eigenvalue weighted by molar-refractivity contribution is 6.34. The summed E-state index contributed by atoms with van der Waals surface area (Å²) < 4.78 is 27.6. The Morgan fingerprint density at radius 2 is 2.06 bits per heavy atom. The monoisotopic (exact) mass is 453 g/mol. The van der Waals surface area contributed by atoms with Gasteiger partial charge in [0.05, 0.1) is 5.52 Å². The molecule has 0 spiro atoms. The highest BCUT2D eigenvalue weighted by atomic mass is 35.5. The van der Waals surface area contributed by atoms with Crippen LogP contribution in [0, 0.1) is 18.2 Å². The highest BCUT2D eigenvalue weighted by Gasteiger charge is 2.32. The van der Waals surface area contributed by atoms with Crippen molar-refractivity contribution in [2.75, 3.05) is 31.1 Å². The second-order valence-electron chi connectivity index (χ2n) is 7.35. The second-order valence-corrected chi connectivity index (χ2v) is 7.75. The van der Waals surface area contributed by atoms with Crippen LogP contribution in [-0.4, -0.2) is 53.0 Å². The lowest BCUT2D eigenvalue weighted by atomic mass is 10.0. The molecule has 1 aromatic heterocycles. The largest absolute Gasteiger partial charge is 0.352 e. The Labute approximate surface area is 188 Å².